The van der Waals surface area contributed by atoms with Crippen molar-refractivity contribution in [2.45, 2.75) is 64.0 Å². The summed E-state index contributed by atoms with van der Waals surface area (Å²) in [5, 5.41) is 22.8. The summed E-state index contributed by atoms with van der Waals surface area (Å²) in [7, 11) is -1.35. The highest BCUT2D eigenvalue weighted by Gasteiger charge is 2.50. The van der Waals surface area contributed by atoms with E-state index in [1.54, 1.807) is 0 Å². The molecule has 0 aliphatic rings. The molecule has 182 valence electrons. The highest BCUT2D eigenvalue weighted by atomic mass is 28.4. The summed E-state index contributed by atoms with van der Waals surface area (Å²) >= 11 is 0. The summed E-state index contributed by atoms with van der Waals surface area (Å²) in [5.41, 5.74) is -1.20. The Morgan fingerprint density at radius 3 is 1.91 bits per heavy atom. The minimum absolute atomic E-state index is 0.108. The summed E-state index contributed by atoms with van der Waals surface area (Å²) in [4.78, 5) is 11.9. The molecule has 2 atom stereocenters. The number of carbonyl (C=O) groups is 1. The van der Waals surface area contributed by atoms with E-state index in [9.17, 15) is 15.0 Å². The summed E-state index contributed by atoms with van der Waals surface area (Å²) in [6.07, 6.45) is 1.55. The highest BCUT2D eigenvalue weighted by Crippen LogP contribution is 2.37. The molecule has 1 unspecified atom stereocenters. The number of hydrogen-bond acceptors (Lipinski definition) is 5. The third-order valence-corrected chi connectivity index (χ3v) is 11.6. The Morgan fingerprint density at radius 1 is 1.00 bits per heavy atom. The van der Waals surface area contributed by atoms with Crippen LogP contribution in [0.4, 0.5) is 0 Å². The summed E-state index contributed by atoms with van der Waals surface area (Å²) < 4.78 is 11.9. The highest BCUT2D eigenvalue weighted by molar-refractivity contribution is 6.99. The van der Waals surface area contributed by atoms with Crippen molar-refractivity contribution >= 4 is 24.7 Å². The van der Waals surface area contributed by atoms with Gasteiger partial charge in [0, 0.05) is 13.0 Å². The Kier molecular flexibility index (Phi) is 9.85. The first-order valence-electron chi connectivity index (χ1n) is 11.8. The fourth-order valence-corrected chi connectivity index (χ4v) is 9.17. The van der Waals surface area contributed by atoms with Crippen molar-refractivity contribution in [3.8, 4) is 0 Å². The molecule has 6 heteroatoms. The molecule has 2 N–H and O–H groups in total. The smallest absolute Gasteiger partial charge is 0.305 e. The minimum Gasteiger partial charge on any atom is -0.469 e. The van der Waals surface area contributed by atoms with Gasteiger partial charge in [0.2, 0.25) is 0 Å². The van der Waals surface area contributed by atoms with Gasteiger partial charge in [-0.1, -0.05) is 88.4 Å². The van der Waals surface area contributed by atoms with Gasteiger partial charge in [0.15, 0.2) is 0 Å². The standard InChI is InChI=1S/C27H40O5Si/c1-6-27(30,21-28)19-22(17-18-25(29)31-5)20-32-33(26(2,3)4,23-13-9-7-10-14-23)24-15-11-8-12-16-24/h7-16,22,28,30H,6,17-21H2,1-5H3/t22-,27?/m1/s1. The average Bonchev–Trinajstić information content (AvgIpc) is 2.82. The molecule has 2 rings (SSSR count). The molecule has 0 aromatic heterocycles. The van der Waals surface area contributed by atoms with E-state index in [1.807, 2.05) is 43.3 Å². The van der Waals surface area contributed by atoms with Crippen molar-refractivity contribution < 1.29 is 24.2 Å². The van der Waals surface area contributed by atoms with Gasteiger partial charge in [-0.2, -0.15) is 0 Å². The fraction of sp³-hybridized carbons (Fsp3) is 0.519. The number of benzene rings is 2. The first-order valence-corrected chi connectivity index (χ1v) is 13.7. The number of hydrogen-bond donors (Lipinski definition) is 2. The van der Waals surface area contributed by atoms with Crippen LogP contribution < -0.4 is 10.4 Å². The molecule has 5 nitrogen and oxygen atoms in total. The Morgan fingerprint density at radius 2 is 1.52 bits per heavy atom. The van der Waals surface area contributed by atoms with Gasteiger partial charge in [-0.15, -0.1) is 0 Å². The molecule has 0 radical (unpaired) electrons. The van der Waals surface area contributed by atoms with Crippen LogP contribution in [0.25, 0.3) is 0 Å². The van der Waals surface area contributed by atoms with Crippen molar-refractivity contribution in [3.05, 3.63) is 60.7 Å². The number of rotatable bonds is 12. The number of aliphatic hydroxyl groups excluding tert-OH is 1. The van der Waals surface area contributed by atoms with Gasteiger partial charge in [-0.3, -0.25) is 4.79 Å². The maximum Gasteiger partial charge on any atom is 0.305 e. The van der Waals surface area contributed by atoms with E-state index in [0.29, 0.717) is 25.9 Å². The van der Waals surface area contributed by atoms with Crippen molar-refractivity contribution in [1.29, 1.82) is 0 Å². The lowest BCUT2D eigenvalue weighted by Gasteiger charge is -2.44. The van der Waals surface area contributed by atoms with Crippen LogP contribution in [0.5, 0.6) is 0 Å². The Bertz CT molecular complexity index is 804. The minimum atomic E-state index is -2.73. The molecule has 33 heavy (non-hydrogen) atoms. The number of ether oxygens (including phenoxy) is 1. The SMILES string of the molecule is CCC(O)(CO)C[C@@H](CCC(=O)OC)CO[Si](c1ccccc1)(c1ccccc1)C(C)(C)C. The maximum atomic E-state index is 11.9. The van der Waals surface area contributed by atoms with Crippen LogP contribution in [0.2, 0.25) is 5.04 Å². The van der Waals surface area contributed by atoms with Crippen LogP contribution in [0, 0.1) is 5.92 Å². The van der Waals surface area contributed by atoms with Crippen LogP contribution in [-0.2, 0) is 14.0 Å². The van der Waals surface area contributed by atoms with E-state index in [1.165, 1.54) is 17.5 Å². The van der Waals surface area contributed by atoms with Gasteiger partial charge in [0.25, 0.3) is 8.32 Å². The zero-order valence-electron chi connectivity index (χ0n) is 20.7. The Labute approximate surface area is 199 Å². The topological polar surface area (TPSA) is 76.0 Å². The van der Waals surface area contributed by atoms with E-state index >= 15 is 0 Å². The van der Waals surface area contributed by atoms with E-state index in [-0.39, 0.29) is 30.0 Å². The largest absolute Gasteiger partial charge is 0.469 e. The first kappa shape index (κ1) is 27.3. The van der Waals surface area contributed by atoms with Crippen LogP contribution in [0.1, 0.15) is 53.4 Å². The second kappa shape index (κ2) is 11.9. The lowest BCUT2D eigenvalue weighted by molar-refractivity contribution is -0.141. The molecule has 2 aromatic rings. The third kappa shape index (κ3) is 6.76. The zero-order chi connectivity index (χ0) is 24.5. The molecule has 0 aliphatic carbocycles. The van der Waals surface area contributed by atoms with E-state index in [2.05, 4.69) is 45.0 Å². The molecule has 0 fully saturated rings. The lowest BCUT2D eigenvalue weighted by Crippen LogP contribution is -2.67. The van der Waals surface area contributed by atoms with Crippen molar-refractivity contribution in [3.63, 3.8) is 0 Å². The van der Waals surface area contributed by atoms with Gasteiger partial charge in [-0.25, -0.2) is 0 Å². The average molecular weight is 473 g/mol. The van der Waals surface area contributed by atoms with Crippen LogP contribution in [0.3, 0.4) is 0 Å². The molecular formula is C27H40O5Si. The Balaban J connectivity index is 2.47. The normalized spacial score (nSPS) is 15.0. The number of esters is 1. The molecule has 0 heterocycles. The Hall–Kier alpha value is -1.99. The maximum absolute atomic E-state index is 11.9. The second-order valence-corrected chi connectivity index (χ2v) is 14.2. The first-order chi connectivity index (χ1) is 15.6. The van der Waals surface area contributed by atoms with E-state index < -0.39 is 13.9 Å². The summed E-state index contributed by atoms with van der Waals surface area (Å²) in [6, 6.07) is 20.8. The van der Waals surface area contributed by atoms with E-state index in [4.69, 9.17) is 9.16 Å². The predicted molar refractivity (Wildman–Crippen MR) is 135 cm³/mol. The number of carbonyl (C=O) groups excluding carboxylic acids is 1. The molecule has 0 amide bonds. The van der Waals surface area contributed by atoms with Gasteiger partial charge < -0.3 is 19.4 Å². The summed E-state index contributed by atoms with van der Waals surface area (Å²) in [6.45, 7) is 8.58. The van der Waals surface area contributed by atoms with Gasteiger partial charge in [0.1, 0.15) is 0 Å². The predicted octanol–water partition coefficient (Wildman–Crippen LogP) is 3.66. The van der Waals surface area contributed by atoms with Crippen LogP contribution >= 0.6 is 0 Å². The number of aliphatic hydroxyl groups is 2. The fourth-order valence-electron chi connectivity index (χ4n) is 4.53. The van der Waals surface area contributed by atoms with Gasteiger partial charge in [-0.05, 0) is 40.6 Å². The van der Waals surface area contributed by atoms with E-state index in [0.717, 1.165) is 0 Å². The van der Waals surface area contributed by atoms with Crippen molar-refractivity contribution in [1.82, 2.24) is 0 Å². The quantitative estimate of drug-likeness (QED) is 0.364. The van der Waals surface area contributed by atoms with Crippen molar-refractivity contribution in [2.24, 2.45) is 5.92 Å². The van der Waals surface area contributed by atoms with Crippen molar-refractivity contribution in [2.75, 3.05) is 20.3 Å². The number of methoxy groups -OCH3 is 1. The monoisotopic (exact) mass is 472 g/mol. The van der Waals surface area contributed by atoms with Gasteiger partial charge in [0.05, 0.1) is 19.3 Å². The second-order valence-electron chi connectivity index (χ2n) is 9.90. The molecule has 0 bridgehead atoms. The zero-order valence-corrected chi connectivity index (χ0v) is 21.7. The molecule has 2 aromatic carbocycles. The van der Waals surface area contributed by atoms with Crippen LogP contribution in [0.15, 0.2) is 60.7 Å². The lowest BCUT2D eigenvalue weighted by atomic mass is 9.87. The van der Waals surface area contributed by atoms with Crippen LogP contribution in [-0.4, -0.2) is 50.4 Å². The molecular weight excluding hydrogens is 432 g/mol. The molecule has 0 aliphatic heterocycles. The van der Waals surface area contributed by atoms with Gasteiger partial charge >= 0.3 is 5.97 Å². The molecule has 0 spiro atoms. The third-order valence-electron chi connectivity index (χ3n) is 6.56. The summed E-state index contributed by atoms with van der Waals surface area (Å²) in [5.74, 6) is -0.391. The molecule has 0 saturated heterocycles. The molecule has 0 saturated carbocycles.